The third-order valence-electron chi connectivity index (χ3n) is 2.72. The molecular weight excluding hydrogens is 297 g/mol. The van der Waals surface area contributed by atoms with Gasteiger partial charge >= 0.3 is 0 Å². The summed E-state index contributed by atoms with van der Waals surface area (Å²) in [5.74, 6) is -0.419. The van der Waals surface area contributed by atoms with Gasteiger partial charge in [0, 0.05) is 23.9 Å². The first-order valence-electron chi connectivity index (χ1n) is 5.61. The summed E-state index contributed by atoms with van der Waals surface area (Å²) in [6.07, 6.45) is 1.14. The van der Waals surface area contributed by atoms with E-state index in [1.165, 1.54) is 0 Å². The minimum Gasteiger partial charge on any atom is -0.388 e. The van der Waals surface area contributed by atoms with Crippen LogP contribution in [-0.4, -0.2) is 10.1 Å². The number of aromatic nitrogens is 1. The zero-order valence-corrected chi connectivity index (χ0v) is 11.5. The van der Waals surface area contributed by atoms with Crippen LogP contribution >= 0.6 is 15.9 Å². The Hall–Kier alpha value is -1.26. The Morgan fingerprint density at radius 2 is 2.11 bits per heavy atom. The van der Waals surface area contributed by atoms with Crippen molar-refractivity contribution in [3.63, 3.8) is 0 Å². The average molecular weight is 310 g/mol. The number of halogens is 2. The lowest BCUT2D eigenvalue weighted by atomic mass is 10.0. The van der Waals surface area contributed by atoms with Gasteiger partial charge < -0.3 is 5.11 Å². The fraction of sp³-hybridized carbons (Fsp3) is 0.214. The molecule has 0 aliphatic carbocycles. The van der Waals surface area contributed by atoms with E-state index in [2.05, 4.69) is 20.9 Å². The van der Waals surface area contributed by atoms with Crippen LogP contribution < -0.4 is 0 Å². The first-order valence-corrected chi connectivity index (χ1v) is 6.40. The number of hydrogen-bond acceptors (Lipinski definition) is 2. The van der Waals surface area contributed by atoms with Crippen LogP contribution in [0.1, 0.15) is 22.9 Å². The maximum Gasteiger partial charge on any atom is 0.143 e. The molecule has 0 saturated carbocycles. The summed E-state index contributed by atoms with van der Waals surface area (Å²) in [5.41, 5.74) is 2.08. The first kappa shape index (κ1) is 13.2. The summed E-state index contributed by atoms with van der Waals surface area (Å²) in [6.45, 7) is 1.95. The third kappa shape index (κ3) is 2.94. The third-order valence-corrected chi connectivity index (χ3v) is 3.33. The van der Waals surface area contributed by atoms with Gasteiger partial charge in [0.2, 0.25) is 0 Å². The van der Waals surface area contributed by atoms with Crippen molar-refractivity contribution in [3.8, 4) is 0 Å². The van der Waals surface area contributed by atoms with E-state index in [9.17, 15) is 9.50 Å². The topological polar surface area (TPSA) is 33.1 Å². The van der Waals surface area contributed by atoms with Gasteiger partial charge in [-0.1, -0.05) is 18.2 Å². The van der Waals surface area contributed by atoms with Crippen LogP contribution in [0.2, 0.25) is 0 Å². The highest BCUT2D eigenvalue weighted by Crippen LogP contribution is 2.25. The Kier molecular flexibility index (Phi) is 4.09. The summed E-state index contributed by atoms with van der Waals surface area (Å²) < 4.78 is 14.1. The Balaban J connectivity index is 2.19. The summed E-state index contributed by atoms with van der Waals surface area (Å²) in [6, 6.07) is 8.66. The molecule has 0 amide bonds. The molecule has 1 N–H and O–H groups in total. The van der Waals surface area contributed by atoms with Crippen molar-refractivity contribution in [2.75, 3.05) is 0 Å². The normalized spacial score (nSPS) is 12.4. The summed E-state index contributed by atoms with van der Waals surface area (Å²) >= 11 is 3.11. The molecule has 1 unspecified atom stereocenters. The van der Waals surface area contributed by atoms with Crippen molar-refractivity contribution in [2.45, 2.75) is 19.4 Å². The molecule has 1 aromatic carbocycles. The molecule has 94 valence electrons. The number of benzene rings is 1. The molecule has 0 fully saturated rings. The van der Waals surface area contributed by atoms with Crippen LogP contribution in [0.25, 0.3) is 0 Å². The molecular formula is C14H13BrFNO. The smallest absolute Gasteiger partial charge is 0.143 e. The lowest BCUT2D eigenvalue weighted by molar-refractivity contribution is 0.172. The van der Waals surface area contributed by atoms with Crippen LogP contribution in [-0.2, 0) is 6.42 Å². The molecule has 1 heterocycles. The maximum absolute atomic E-state index is 13.8. The van der Waals surface area contributed by atoms with E-state index in [-0.39, 0.29) is 5.56 Å². The standard InChI is InChI=1S/C14H13BrFNO/c1-9-5-6-10(17-8-9)7-13(18)11-3-2-4-12(15)14(11)16/h2-6,8,13,18H,7H2,1H3. The highest BCUT2D eigenvalue weighted by atomic mass is 79.9. The molecule has 1 aromatic heterocycles. The highest BCUT2D eigenvalue weighted by molar-refractivity contribution is 9.10. The molecule has 0 radical (unpaired) electrons. The number of rotatable bonds is 3. The largest absolute Gasteiger partial charge is 0.388 e. The highest BCUT2D eigenvalue weighted by Gasteiger charge is 2.15. The van der Waals surface area contributed by atoms with Crippen molar-refractivity contribution in [2.24, 2.45) is 0 Å². The molecule has 0 spiro atoms. The molecule has 0 saturated heterocycles. The molecule has 2 aromatic rings. The summed E-state index contributed by atoms with van der Waals surface area (Å²) in [4.78, 5) is 4.20. The van der Waals surface area contributed by atoms with Gasteiger partial charge in [-0.2, -0.15) is 0 Å². The lowest BCUT2D eigenvalue weighted by Crippen LogP contribution is -2.06. The minimum absolute atomic E-state index is 0.284. The van der Waals surface area contributed by atoms with E-state index in [4.69, 9.17) is 0 Å². The van der Waals surface area contributed by atoms with Crippen LogP contribution in [0, 0.1) is 12.7 Å². The number of aliphatic hydroxyl groups is 1. The number of aliphatic hydroxyl groups excluding tert-OH is 1. The fourth-order valence-electron chi connectivity index (χ4n) is 1.71. The van der Waals surface area contributed by atoms with Gasteiger partial charge in [-0.25, -0.2) is 4.39 Å². The fourth-order valence-corrected chi connectivity index (χ4v) is 2.09. The summed E-state index contributed by atoms with van der Waals surface area (Å²) in [5, 5.41) is 10.0. The lowest BCUT2D eigenvalue weighted by Gasteiger charge is -2.12. The molecule has 0 aliphatic rings. The number of pyridine rings is 1. The van der Waals surface area contributed by atoms with E-state index in [1.807, 2.05) is 19.1 Å². The van der Waals surface area contributed by atoms with E-state index in [1.54, 1.807) is 24.4 Å². The average Bonchev–Trinajstić information content (AvgIpc) is 2.35. The predicted molar refractivity (Wildman–Crippen MR) is 71.7 cm³/mol. The van der Waals surface area contributed by atoms with E-state index in [0.29, 0.717) is 10.9 Å². The molecule has 2 nitrogen and oxygen atoms in total. The van der Waals surface area contributed by atoms with Crippen molar-refractivity contribution < 1.29 is 9.50 Å². The van der Waals surface area contributed by atoms with Crippen LogP contribution in [0.3, 0.4) is 0 Å². The van der Waals surface area contributed by atoms with Crippen LogP contribution in [0.15, 0.2) is 41.0 Å². The van der Waals surface area contributed by atoms with Crippen molar-refractivity contribution >= 4 is 15.9 Å². The zero-order chi connectivity index (χ0) is 13.1. The molecule has 0 bridgehead atoms. The van der Waals surface area contributed by atoms with Crippen molar-refractivity contribution in [1.29, 1.82) is 0 Å². The monoisotopic (exact) mass is 309 g/mol. The maximum atomic E-state index is 13.8. The van der Waals surface area contributed by atoms with Crippen LogP contribution in [0.4, 0.5) is 4.39 Å². The van der Waals surface area contributed by atoms with Crippen molar-refractivity contribution in [3.05, 3.63) is 63.6 Å². The second-order valence-electron chi connectivity index (χ2n) is 4.19. The Bertz CT molecular complexity index is 542. The summed E-state index contributed by atoms with van der Waals surface area (Å²) in [7, 11) is 0. The van der Waals surface area contributed by atoms with Crippen LogP contribution in [0.5, 0.6) is 0 Å². The number of aryl methyl sites for hydroxylation is 1. The van der Waals surface area contributed by atoms with Gasteiger partial charge in [0.05, 0.1) is 10.6 Å². The molecule has 18 heavy (non-hydrogen) atoms. The van der Waals surface area contributed by atoms with Gasteiger partial charge in [0.25, 0.3) is 0 Å². The Morgan fingerprint density at radius 1 is 1.33 bits per heavy atom. The number of nitrogens with zero attached hydrogens (tertiary/aromatic N) is 1. The van der Waals surface area contributed by atoms with Gasteiger partial charge in [0.15, 0.2) is 0 Å². The SMILES string of the molecule is Cc1ccc(CC(O)c2cccc(Br)c2F)nc1. The van der Waals surface area contributed by atoms with Gasteiger partial charge in [-0.15, -0.1) is 0 Å². The Labute approximate surface area is 114 Å². The number of hydrogen-bond donors (Lipinski definition) is 1. The molecule has 2 rings (SSSR count). The molecule has 1 atom stereocenters. The second kappa shape index (κ2) is 5.59. The van der Waals surface area contributed by atoms with E-state index >= 15 is 0 Å². The predicted octanol–water partition coefficient (Wildman–Crippen LogP) is 3.57. The zero-order valence-electron chi connectivity index (χ0n) is 9.90. The van der Waals surface area contributed by atoms with Crippen molar-refractivity contribution in [1.82, 2.24) is 4.98 Å². The second-order valence-corrected chi connectivity index (χ2v) is 5.04. The van der Waals surface area contributed by atoms with Gasteiger partial charge in [0.1, 0.15) is 5.82 Å². The quantitative estimate of drug-likeness (QED) is 0.940. The van der Waals surface area contributed by atoms with E-state index in [0.717, 1.165) is 11.3 Å². The van der Waals surface area contributed by atoms with Gasteiger partial charge in [-0.3, -0.25) is 4.98 Å². The van der Waals surface area contributed by atoms with Gasteiger partial charge in [-0.05, 0) is 40.5 Å². The molecule has 4 heteroatoms. The minimum atomic E-state index is -0.891. The van der Waals surface area contributed by atoms with E-state index < -0.39 is 11.9 Å². The first-order chi connectivity index (χ1) is 8.58. The Morgan fingerprint density at radius 3 is 2.78 bits per heavy atom. The molecule has 0 aliphatic heterocycles.